The highest BCUT2D eigenvalue weighted by atomic mass is 16.5. The van der Waals surface area contributed by atoms with E-state index in [1.54, 1.807) is 12.1 Å². The molecule has 0 aliphatic carbocycles. The number of amides is 1. The van der Waals surface area contributed by atoms with Gasteiger partial charge in [0.1, 0.15) is 0 Å². The minimum absolute atomic E-state index is 0.0452. The SMILES string of the molecule is COC(=O)c1ccc(NC(=O)COc2c(OC)cc(C(=O)O)cc2OC)cc1. The Kier molecular flexibility index (Phi) is 6.80. The van der Waals surface area contributed by atoms with Gasteiger partial charge in [-0.25, -0.2) is 9.59 Å². The molecule has 2 N–H and O–H groups in total. The van der Waals surface area contributed by atoms with Gasteiger partial charge in [0, 0.05) is 5.69 Å². The third-order valence-electron chi connectivity index (χ3n) is 3.64. The third-order valence-corrected chi connectivity index (χ3v) is 3.64. The summed E-state index contributed by atoms with van der Waals surface area (Å²) >= 11 is 0. The number of benzene rings is 2. The van der Waals surface area contributed by atoms with Crippen LogP contribution in [0.5, 0.6) is 17.2 Å². The van der Waals surface area contributed by atoms with Gasteiger partial charge in [-0.2, -0.15) is 0 Å². The second-order valence-corrected chi connectivity index (χ2v) is 5.42. The molecule has 0 radical (unpaired) electrons. The highest BCUT2D eigenvalue weighted by Crippen LogP contribution is 2.38. The number of carbonyl (C=O) groups is 3. The van der Waals surface area contributed by atoms with Crippen LogP contribution in [-0.2, 0) is 9.53 Å². The van der Waals surface area contributed by atoms with Gasteiger partial charge in [0.15, 0.2) is 18.1 Å². The maximum Gasteiger partial charge on any atom is 0.337 e. The number of anilines is 1. The fourth-order valence-corrected chi connectivity index (χ4v) is 2.29. The molecule has 0 saturated carbocycles. The molecule has 0 aliphatic heterocycles. The summed E-state index contributed by atoms with van der Waals surface area (Å²) in [6, 6.07) is 8.66. The van der Waals surface area contributed by atoms with Gasteiger partial charge in [0.2, 0.25) is 5.75 Å². The summed E-state index contributed by atoms with van der Waals surface area (Å²) in [4.78, 5) is 34.7. The van der Waals surface area contributed by atoms with Crippen LogP contribution in [0.3, 0.4) is 0 Å². The molecule has 0 spiro atoms. The summed E-state index contributed by atoms with van der Waals surface area (Å²) in [5.41, 5.74) is 0.766. The normalized spacial score (nSPS) is 9.96. The van der Waals surface area contributed by atoms with E-state index in [4.69, 9.17) is 19.3 Å². The Morgan fingerprint density at radius 2 is 1.50 bits per heavy atom. The molecule has 28 heavy (non-hydrogen) atoms. The zero-order valence-corrected chi connectivity index (χ0v) is 15.5. The summed E-state index contributed by atoms with van der Waals surface area (Å²) in [6.07, 6.45) is 0. The van der Waals surface area contributed by atoms with Gasteiger partial charge >= 0.3 is 11.9 Å². The lowest BCUT2D eigenvalue weighted by Crippen LogP contribution is -2.20. The Morgan fingerprint density at radius 1 is 0.929 bits per heavy atom. The van der Waals surface area contributed by atoms with Crippen molar-refractivity contribution in [2.75, 3.05) is 33.3 Å². The van der Waals surface area contributed by atoms with Crippen molar-refractivity contribution in [1.82, 2.24) is 0 Å². The van der Waals surface area contributed by atoms with Gasteiger partial charge in [0.05, 0.1) is 32.5 Å². The predicted octanol–water partition coefficient (Wildman–Crippen LogP) is 2.21. The predicted molar refractivity (Wildman–Crippen MR) is 98.4 cm³/mol. The molecule has 2 aromatic rings. The number of nitrogens with one attached hydrogen (secondary N) is 1. The van der Waals surface area contributed by atoms with Crippen molar-refractivity contribution in [2.24, 2.45) is 0 Å². The van der Waals surface area contributed by atoms with E-state index in [1.807, 2.05) is 0 Å². The molecule has 148 valence electrons. The number of aromatic carboxylic acids is 1. The van der Waals surface area contributed by atoms with Gasteiger partial charge in [-0.15, -0.1) is 0 Å². The molecule has 9 nitrogen and oxygen atoms in total. The zero-order valence-electron chi connectivity index (χ0n) is 15.5. The third kappa shape index (κ3) is 4.91. The summed E-state index contributed by atoms with van der Waals surface area (Å²) < 4.78 is 20.3. The molecule has 2 aromatic carbocycles. The first-order chi connectivity index (χ1) is 13.4. The van der Waals surface area contributed by atoms with E-state index < -0.39 is 17.8 Å². The number of hydrogen-bond acceptors (Lipinski definition) is 7. The summed E-state index contributed by atoms with van der Waals surface area (Å²) in [7, 11) is 3.97. The molecule has 2 rings (SSSR count). The van der Waals surface area contributed by atoms with E-state index in [9.17, 15) is 14.4 Å². The number of esters is 1. The average Bonchev–Trinajstić information content (AvgIpc) is 2.71. The van der Waals surface area contributed by atoms with Crippen molar-refractivity contribution >= 4 is 23.5 Å². The first-order valence-corrected chi connectivity index (χ1v) is 8.00. The number of rotatable bonds is 8. The van der Waals surface area contributed by atoms with Gasteiger partial charge in [-0.1, -0.05) is 0 Å². The number of methoxy groups -OCH3 is 3. The molecule has 1 amide bonds. The highest BCUT2D eigenvalue weighted by Gasteiger charge is 2.18. The molecule has 0 heterocycles. The van der Waals surface area contributed by atoms with Crippen LogP contribution in [0, 0.1) is 0 Å². The molecular weight excluding hydrogens is 370 g/mol. The van der Waals surface area contributed by atoms with Crippen LogP contribution in [0.15, 0.2) is 36.4 Å². The quantitative estimate of drug-likeness (QED) is 0.659. The lowest BCUT2D eigenvalue weighted by molar-refractivity contribution is -0.118. The van der Waals surface area contributed by atoms with Crippen LogP contribution in [0.4, 0.5) is 5.69 Å². The Morgan fingerprint density at radius 3 is 1.96 bits per heavy atom. The molecule has 9 heteroatoms. The van der Waals surface area contributed by atoms with E-state index in [0.29, 0.717) is 11.3 Å². The zero-order chi connectivity index (χ0) is 20.7. The standard InChI is InChI=1S/C19H19NO8/c1-25-14-8-12(18(22)23)9-15(26-2)17(14)28-10-16(21)20-13-6-4-11(5-7-13)19(24)27-3/h4-9H,10H2,1-3H3,(H,20,21)(H,22,23). The number of carboxylic acid groups (broad SMARTS) is 1. The fourth-order valence-electron chi connectivity index (χ4n) is 2.29. The van der Waals surface area contributed by atoms with E-state index in [-0.39, 0.29) is 29.4 Å². The molecule has 0 atom stereocenters. The second-order valence-electron chi connectivity index (χ2n) is 5.42. The number of carboxylic acids is 1. The van der Waals surface area contributed by atoms with Crippen molar-refractivity contribution in [2.45, 2.75) is 0 Å². The Hall–Kier alpha value is -3.75. The molecule has 0 aliphatic rings. The van der Waals surface area contributed by atoms with E-state index in [0.717, 1.165) is 0 Å². The van der Waals surface area contributed by atoms with Crippen LogP contribution < -0.4 is 19.5 Å². The highest BCUT2D eigenvalue weighted by molar-refractivity contribution is 5.94. The minimum atomic E-state index is -1.16. The van der Waals surface area contributed by atoms with Crippen LogP contribution in [-0.4, -0.2) is 50.9 Å². The van der Waals surface area contributed by atoms with Crippen molar-refractivity contribution < 1.29 is 38.4 Å². The molecular formula is C19H19NO8. The van der Waals surface area contributed by atoms with Crippen LogP contribution in [0.1, 0.15) is 20.7 Å². The maximum absolute atomic E-state index is 12.1. The van der Waals surface area contributed by atoms with Crippen molar-refractivity contribution in [3.05, 3.63) is 47.5 Å². The Bertz CT molecular complexity index is 851. The van der Waals surface area contributed by atoms with Crippen molar-refractivity contribution in [3.8, 4) is 17.2 Å². The van der Waals surface area contributed by atoms with Crippen molar-refractivity contribution in [1.29, 1.82) is 0 Å². The van der Waals surface area contributed by atoms with Crippen LogP contribution in [0.25, 0.3) is 0 Å². The molecule has 0 fully saturated rings. The van der Waals surface area contributed by atoms with Crippen LogP contribution in [0.2, 0.25) is 0 Å². The largest absolute Gasteiger partial charge is 0.493 e. The Balaban J connectivity index is 2.08. The van der Waals surface area contributed by atoms with E-state index in [2.05, 4.69) is 10.1 Å². The summed E-state index contributed by atoms with van der Waals surface area (Å²) in [6.45, 7) is -0.377. The topological polar surface area (TPSA) is 120 Å². The average molecular weight is 389 g/mol. The first kappa shape index (κ1) is 20.6. The second kappa shape index (κ2) is 9.26. The monoisotopic (exact) mass is 389 g/mol. The molecule has 0 aromatic heterocycles. The van der Waals surface area contributed by atoms with Crippen molar-refractivity contribution in [3.63, 3.8) is 0 Å². The maximum atomic E-state index is 12.1. The number of carbonyl (C=O) groups excluding carboxylic acids is 2. The van der Waals surface area contributed by atoms with Crippen LogP contribution >= 0.6 is 0 Å². The molecule has 0 unspecified atom stereocenters. The lowest BCUT2D eigenvalue weighted by Gasteiger charge is -2.15. The summed E-state index contributed by atoms with van der Waals surface area (Å²) in [5, 5.41) is 11.7. The summed E-state index contributed by atoms with van der Waals surface area (Å²) in [5.74, 6) is -1.77. The lowest BCUT2D eigenvalue weighted by atomic mass is 10.2. The number of hydrogen-bond donors (Lipinski definition) is 2. The fraction of sp³-hybridized carbons (Fsp3) is 0.211. The first-order valence-electron chi connectivity index (χ1n) is 8.00. The smallest absolute Gasteiger partial charge is 0.337 e. The van der Waals surface area contributed by atoms with Gasteiger partial charge in [0.25, 0.3) is 5.91 Å². The van der Waals surface area contributed by atoms with E-state index >= 15 is 0 Å². The molecule has 0 saturated heterocycles. The van der Waals surface area contributed by atoms with Gasteiger partial charge in [-0.05, 0) is 36.4 Å². The Labute approximate surface area is 160 Å². The minimum Gasteiger partial charge on any atom is -0.493 e. The van der Waals surface area contributed by atoms with Gasteiger partial charge in [-0.3, -0.25) is 4.79 Å². The molecule has 0 bridgehead atoms. The number of ether oxygens (including phenoxy) is 4. The van der Waals surface area contributed by atoms with E-state index in [1.165, 1.54) is 45.6 Å². The van der Waals surface area contributed by atoms with Gasteiger partial charge < -0.3 is 29.4 Å².